The van der Waals surface area contributed by atoms with E-state index >= 15 is 0 Å². The number of benzene rings is 2. The number of rotatable bonds is 5. The highest BCUT2D eigenvalue weighted by atomic mass is 19.1. The highest BCUT2D eigenvalue weighted by Gasteiger charge is 2.34. The molecule has 1 aliphatic rings. The highest BCUT2D eigenvalue weighted by Crippen LogP contribution is 2.23. The molecule has 0 bridgehead atoms. The van der Waals surface area contributed by atoms with Crippen molar-refractivity contribution in [3.8, 4) is 5.75 Å². The molecule has 1 saturated heterocycles. The summed E-state index contributed by atoms with van der Waals surface area (Å²) in [7, 11) is 0. The van der Waals surface area contributed by atoms with E-state index in [0.29, 0.717) is 36.6 Å². The molecule has 25 heavy (non-hydrogen) atoms. The predicted molar refractivity (Wildman–Crippen MR) is 92.2 cm³/mol. The largest absolute Gasteiger partial charge is 0.493 e. The first-order valence-corrected chi connectivity index (χ1v) is 8.19. The zero-order valence-electron chi connectivity index (χ0n) is 13.9. The van der Waals surface area contributed by atoms with Crippen LogP contribution in [0.3, 0.4) is 0 Å². The summed E-state index contributed by atoms with van der Waals surface area (Å²) < 4.78 is 18.5. The van der Waals surface area contributed by atoms with Crippen molar-refractivity contribution in [2.24, 2.45) is 0 Å². The molecule has 3 rings (SSSR count). The maximum absolute atomic E-state index is 13.0. The van der Waals surface area contributed by atoms with Gasteiger partial charge in [-0.3, -0.25) is 9.59 Å². The second-order valence-corrected chi connectivity index (χ2v) is 5.71. The van der Waals surface area contributed by atoms with Gasteiger partial charge in [0.15, 0.2) is 0 Å². The number of ether oxygens (including phenoxy) is 1. The van der Waals surface area contributed by atoms with Crippen molar-refractivity contribution in [1.29, 1.82) is 0 Å². The lowest BCUT2D eigenvalue weighted by Gasteiger charge is -2.17. The Morgan fingerprint density at radius 3 is 2.68 bits per heavy atom. The van der Waals surface area contributed by atoms with Gasteiger partial charge in [-0.15, -0.1) is 0 Å². The average molecular weight is 342 g/mol. The van der Waals surface area contributed by atoms with E-state index in [4.69, 9.17) is 4.74 Å². The predicted octanol–water partition coefficient (Wildman–Crippen LogP) is 2.76. The summed E-state index contributed by atoms with van der Waals surface area (Å²) in [6.45, 7) is 2.77. The third-order valence-corrected chi connectivity index (χ3v) is 4.08. The lowest BCUT2D eigenvalue weighted by molar-refractivity contribution is -0.118. The van der Waals surface area contributed by atoms with Gasteiger partial charge >= 0.3 is 0 Å². The average Bonchev–Trinajstić information content (AvgIpc) is 2.97. The normalized spacial score (nSPS) is 16.8. The van der Waals surface area contributed by atoms with Crippen LogP contribution in [0.4, 0.5) is 10.1 Å². The van der Waals surface area contributed by atoms with E-state index in [1.807, 2.05) is 6.92 Å². The van der Waals surface area contributed by atoms with Crippen LogP contribution in [-0.4, -0.2) is 31.0 Å². The zero-order valence-corrected chi connectivity index (χ0v) is 13.9. The quantitative estimate of drug-likeness (QED) is 0.909. The molecule has 1 N–H and O–H groups in total. The number of nitrogens with one attached hydrogen (secondary N) is 1. The number of carbonyl (C=O) groups is 2. The fourth-order valence-corrected chi connectivity index (χ4v) is 2.86. The van der Waals surface area contributed by atoms with E-state index in [9.17, 15) is 14.0 Å². The molecule has 1 aliphatic heterocycles. The first-order valence-electron chi connectivity index (χ1n) is 8.19. The van der Waals surface area contributed by atoms with Gasteiger partial charge in [0.05, 0.1) is 12.2 Å². The van der Waals surface area contributed by atoms with Gasteiger partial charge in [0.25, 0.3) is 5.91 Å². The summed E-state index contributed by atoms with van der Waals surface area (Å²) in [5.74, 6) is -0.409. The Balaban J connectivity index is 1.71. The summed E-state index contributed by atoms with van der Waals surface area (Å²) in [5.41, 5.74) is 1.02. The van der Waals surface area contributed by atoms with Gasteiger partial charge in [-0.1, -0.05) is 12.1 Å². The van der Waals surface area contributed by atoms with Crippen molar-refractivity contribution in [1.82, 2.24) is 5.32 Å². The van der Waals surface area contributed by atoms with Gasteiger partial charge in [0, 0.05) is 12.2 Å². The van der Waals surface area contributed by atoms with Gasteiger partial charge in [0.1, 0.15) is 17.6 Å². The summed E-state index contributed by atoms with van der Waals surface area (Å²) in [5, 5.41) is 2.77. The van der Waals surface area contributed by atoms with Crippen LogP contribution in [-0.2, 0) is 4.79 Å². The Kier molecular flexibility index (Phi) is 4.97. The molecule has 0 saturated carbocycles. The van der Waals surface area contributed by atoms with Gasteiger partial charge in [0.2, 0.25) is 5.91 Å². The van der Waals surface area contributed by atoms with Crippen molar-refractivity contribution in [3.05, 3.63) is 59.9 Å². The molecule has 6 heteroatoms. The van der Waals surface area contributed by atoms with Crippen LogP contribution in [0, 0.1) is 5.82 Å². The van der Waals surface area contributed by atoms with Crippen LogP contribution in [0.5, 0.6) is 5.75 Å². The number of para-hydroxylation sites is 1. The molecule has 0 radical (unpaired) electrons. The Labute approximate surface area is 145 Å². The van der Waals surface area contributed by atoms with Crippen LogP contribution >= 0.6 is 0 Å². The van der Waals surface area contributed by atoms with Crippen LogP contribution in [0.1, 0.15) is 23.7 Å². The Hall–Kier alpha value is -2.89. The maximum atomic E-state index is 13.0. The Morgan fingerprint density at radius 1 is 1.24 bits per heavy atom. The highest BCUT2D eigenvalue weighted by molar-refractivity contribution is 6.04. The van der Waals surface area contributed by atoms with E-state index in [1.165, 1.54) is 12.1 Å². The van der Waals surface area contributed by atoms with Crippen LogP contribution in [0.15, 0.2) is 48.5 Å². The minimum atomic E-state index is -0.604. The summed E-state index contributed by atoms with van der Waals surface area (Å²) >= 11 is 0. The molecule has 1 atom stereocenters. The second kappa shape index (κ2) is 7.34. The molecule has 0 aliphatic carbocycles. The number of halogens is 1. The molecule has 2 aromatic carbocycles. The molecular weight excluding hydrogens is 323 g/mol. The summed E-state index contributed by atoms with van der Waals surface area (Å²) in [6, 6.07) is 12.1. The van der Waals surface area contributed by atoms with Crippen LogP contribution < -0.4 is 15.0 Å². The van der Waals surface area contributed by atoms with Gasteiger partial charge in [-0.2, -0.15) is 0 Å². The number of hydrogen-bond acceptors (Lipinski definition) is 3. The van der Waals surface area contributed by atoms with E-state index in [0.717, 1.165) is 0 Å². The fraction of sp³-hybridized carbons (Fsp3) is 0.263. The minimum Gasteiger partial charge on any atom is -0.493 e. The lowest BCUT2D eigenvalue weighted by Crippen LogP contribution is -2.41. The molecule has 2 amide bonds. The summed E-state index contributed by atoms with van der Waals surface area (Å²) in [4.78, 5) is 26.6. The first kappa shape index (κ1) is 17.0. The molecule has 0 unspecified atom stereocenters. The number of amides is 2. The molecule has 1 fully saturated rings. The molecule has 130 valence electrons. The van der Waals surface area contributed by atoms with Gasteiger partial charge in [-0.05, 0) is 49.7 Å². The SMILES string of the molecule is CCOc1ccccc1C(=O)N[C@H]1CCN(c2ccc(F)cc2)C1=O. The number of carbonyl (C=O) groups excluding carboxylic acids is 2. The van der Waals surface area contributed by atoms with Crippen molar-refractivity contribution >= 4 is 17.5 Å². The van der Waals surface area contributed by atoms with Crippen molar-refractivity contribution in [3.63, 3.8) is 0 Å². The number of nitrogens with zero attached hydrogens (tertiary/aromatic N) is 1. The first-order chi connectivity index (χ1) is 12.1. The van der Waals surface area contributed by atoms with E-state index in [1.54, 1.807) is 41.3 Å². The second-order valence-electron chi connectivity index (χ2n) is 5.71. The maximum Gasteiger partial charge on any atom is 0.255 e. The van der Waals surface area contributed by atoms with E-state index in [-0.39, 0.29) is 17.6 Å². The standard InChI is InChI=1S/C19H19FN2O3/c1-2-25-17-6-4-3-5-15(17)18(23)21-16-11-12-22(19(16)24)14-9-7-13(20)8-10-14/h3-10,16H,2,11-12H2,1H3,(H,21,23)/t16-/m0/s1. The van der Waals surface area contributed by atoms with E-state index in [2.05, 4.69) is 5.32 Å². The number of hydrogen-bond donors (Lipinski definition) is 1. The lowest BCUT2D eigenvalue weighted by atomic mass is 10.1. The molecule has 5 nitrogen and oxygen atoms in total. The third kappa shape index (κ3) is 3.63. The minimum absolute atomic E-state index is 0.200. The van der Waals surface area contributed by atoms with Crippen LogP contribution in [0.25, 0.3) is 0 Å². The van der Waals surface area contributed by atoms with Gasteiger partial charge in [-0.25, -0.2) is 4.39 Å². The molecule has 0 aromatic heterocycles. The molecule has 2 aromatic rings. The van der Waals surface area contributed by atoms with Crippen LogP contribution in [0.2, 0.25) is 0 Å². The van der Waals surface area contributed by atoms with Crippen molar-refractivity contribution in [2.75, 3.05) is 18.1 Å². The van der Waals surface area contributed by atoms with E-state index < -0.39 is 6.04 Å². The summed E-state index contributed by atoms with van der Waals surface area (Å²) in [6.07, 6.45) is 0.499. The van der Waals surface area contributed by atoms with Crippen molar-refractivity contribution < 1.29 is 18.7 Å². The molecular formula is C19H19FN2O3. The smallest absolute Gasteiger partial charge is 0.255 e. The third-order valence-electron chi connectivity index (χ3n) is 4.08. The number of anilines is 1. The Morgan fingerprint density at radius 2 is 1.96 bits per heavy atom. The van der Waals surface area contributed by atoms with Gasteiger partial charge < -0.3 is 15.0 Å². The Bertz CT molecular complexity index is 776. The fourth-order valence-electron chi connectivity index (χ4n) is 2.86. The topological polar surface area (TPSA) is 58.6 Å². The molecule has 1 heterocycles. The zero-order chi connectivity index (χ0) is 17.8. The molecule has 0 spiro atoms. The monoisotopic (exact) mass is 342 g/mol. The van der Waals surface area contributed by atoms with Crippen molar-refractivity contribution in [2.45, 2.75) is 19.4 Å².